The van der Waals surface area contributed by atoms with Crippen LogP contribution >= 0.6 is 11.8 Å². The molecule has 0 atom stereocenters. The first-order valence-corrected chi connectivity index (χ1v) is 8.65. The predicted molar refractivity (Wildman–Crippen MR) is 84.6 cm³/mol. The molecule has 0 fully saturated rings. The van der Waals surface area contributed by atoms with Gasteiger partial charge in [-0.25, -0.2) is 8.42 Å². The van der Waals surface area contributed by atoms with Crippen LogP contribution in [0.1, 0.15) is 5.56 Å². The van der Waals surface area contributed by atoms with Gasteiger partial charge in [-0.1, -0.05) is 0 Å². The van der Waals surface area contributed by atoms with Crippen molar-refractivity contribution in [3.63, 3.8) is 0 Å². The number of benzene rings is 2. The van der Waals surface area contributed by atoms with Gasteiger partial charge >= 0.3 is 0 Å². The lowest BCUT2D eigenvalue weighted by Gasteiger charge is -2.10. The van der Waals surface area contributed by atoms with Gasteiger partial charge < -0.3 is 5.73 Å². The van der Waals surface area contributed by atoms with Crippen LogP contribution in [0, 0.1) is 6.92 Å². The quantitative estimate of drug-likeness (QED) is 0.672. The maximum atomic E-state index is 12.3. The van der Waals surface area contributed by atoms with Gasteiger partial charge in [-0.3, -0.25) is 4.72 Å². The molecule has 2 aromatic carbocycles. The SMILES string of the molecule is CSc1ccc(NS(=O)(=O)c2cc(C)cc(N)c2)cc1. The third-order valence-corrected chi connectivity index (χ3v) is 4.83. The molecule has 0 heterocycles. The monoisotopic (exact) mass is 308 g/mol. The summed E-state index contributed by atoms with van der Waals surface area (Å²) in [6.45, 7) is 1.81. The van der Waals surface area contributed by atoms with E-state index in [0.717, 1.165) is 10.5 Å². The van der Waals surface area contributed by atoms with Gasteiger partial charge in [-0.05, 0) is 61.2 Å². The minimum Gasteiger partial charge on any atom is -0.399 e. The highest BCUT2D eigenvalue weighted by Gasteiger charge is 2.15. The summed E-state index contributed by atoms with van der Waals surface area (Å²) in [5, 5.41) is 0. The van der Waals surface area contributed by atoms with Crippen molar-refractivity contribution in [2.24, 2.45) is 0 Å². The minimum absolute atomic E-state index is 0.170. The average Bonchev–Trinajstić information content (AvgIpc) is 2.38. The number of hydrogen-bond donors (Lipinski definition) is 2. The Bertz CT molecular complexity index is 690. The molecule has 0 aromatic heterocycles. The fourth-order valence-corrected chi connectivity index (χ4v) is 3.41. The molecule has 0 saturated heterocycles. The zero-order valence-corrected chi connectivity index (χ0v) is 12.9. The zero-order valence-electron chi connectivity index (χ0n) is 11.3. The Morgan fingerprint density at radius 2 is 1.75 bits per heavy atom. The molecule has 106 valence electrons. The second-order valence-electron chi connectivity index (χ2n) is 4.41. The van der Waals surface area contributed by atoms with Gasteiger partial charge in [-0.2, -0.15) is 0 Å². The van der Waals surface area contributed by atoms with Crippen molar-refractivity contribution in [1.82, 2.24) is 0 Å². The molecule has 0 spiro atoms. The second kappa shape index (κ2) is 5.76. The number of rotatable bonds is 4. The third-order valence-electron chi connectivity index (χ3n) is 2.73. The van der Waals surface area contributed by atoms with Crippen molar-refractivity contribution in [3.8, 4) is 0 Å². The molecule has 2 rings (SSSR count). The van der Waals surface area contributed by atoms with Crippen LogP contribution in [0.15, 0.2) is 52.3 Å². The van der Waals surface area contributed by atoms with Crippen molar-refractivity contribution in [3.05, 3.63) is 48.0 Å². The van der Waals surface area contributed by atoms with Crippen LogP contribution in [0.25, 0.3) is 0 Å². The third kappa shape index (κ3) is 3.46. The number of nitrogen functional groups attached to an aromatic ring is 1. The topological polar surface area (TPSA) is 72.2 Å². The fraction of sp³-hybridized carbons (Fsp3) is 0.143. The first-order valence-electron chi connectivity index (χ1n) is 5.95. The normalized spacial score (nSPS) is 11.3. The Kier molecular flexibility index (Phi) is 4.25. The summed E-state index contributed by atoms with van der Waals surface area (Å²) in [5.74, 6) is 0. The summed E-state index contributed by atoms with van der Waals surface area (Å²) < 4.78 is 27.1. The van der Waals surface area contributed by atoms with Gasteiger partial charge in [0.2, 0.25) is 0 Å². The molecule has 0 amide bonds. The molecule has 0 aliphatic rings. The van der Waals surface area contributed by atoms with E-state index in [1.165, 1.54) is 6.07 Å². The average molecular weight is 308 g/mol. The highest BCUT2D eigenvalue weighted by atomic mass is 32.2. The largest absolute Gasteiger partial charge is 0.399 e. The van der Waals surface area contributed by atoms with Crippen molar-refractivity contribution in [2.75, 3.05) is 16.7 Å². The summed E-state index contributed by atoms with van der Waals surface area (Å²) in [5.41, 5.74) is 7.46. The summed E-state index contributed by atoms with van der Waals surface area (Å²) in [7, 11) is -3.61. The molecule has 0 aliphatic heterocycles. The zero-order chi connectivity index (χ0) is 14.8. The molecule has 6 heteroatoms. The number of aryl methyl sites for hydroxylation is 1. The predicted octanol–water partition coefficient (Wildman–Crippen LogP) is 3.10. The Morgan fingerprint density at radius 3 is 2.30 bits per heavy atom. The minimum atomic E-state index is -3.61. The van der Waals surface area contributed by atoms with Crippen molar-refractivity contribution in [1.29, 1.82) is 0 Å². The van der Waals surface area contributed by atoms with Crippen molar-refractivity contribution >= 4 is 33.2 Å². The first kappa shape index (κ1) is 14.7. The number of hydrogen-bond acceptors (Lipinski definition) is 4. The highest BCUT2D eigenvalue weighted by Crippen LogP contribution is 2.22. The number of nitrogens with one attached hydrogen (secondary N) is 1. The molecule has 20 heavy (non-hydrogen) atoms. The van der Waals surface area contributed by atoms with Crippen LogP contribution in [-0.2, 0) is 10.0 Å². The summed E-state index contributed by atoms with van der Waals surface area (Å²) in [6.07, 6.45) is 1.97. The summed E-state index contributed by atoms with van der Waals surface area (Å²) >= 11 is 1.60. The summed E-state index contributed by atoms with van der Waals surface area (Å²) in [4.78, 5) is 1.25. The van der Waals surface area contributed by atoms with Crippen LogP contribution in [0.5, 0.6) is 0 Å². The standard InChI is InChI=1S/C14H16N2O2S2/c1-10-7-11(15)9-14(8-10)20(17,18)16-12-3-5-13(19-2)6-4-12/h3-9,16H,15H2,1-2H3. The lowest BCUT2D eigenvalue weighted by Crippen LogP contribution is -2.13. The lowest BCUT2D eigenvalue weighted by molar-refractivity contribution is 0.601. The Balaban J connectivity index is 2.30. The smallest absolute Gasteiger partial charge is 0.261 e. The van der Waals surface area contributed by atoms with Gasteiger partial charge in [0.05, 0.1) is 4.90 Å². The van der Waals surface area contributed by atoms with E-state index in [1.807, 2.05) is 25.3 Å². The van der Waals surface area contributed by atoms with Crippen LogP contribution in [0.2, 0.25) is 0 Å². The molecular weight excluding hydrogens is 292 g/mol. The second-order valence-corrected chi connectivity index (χ2v) is 6.98. The van der Waals surface area contributed by atoms with Gasteiger partial charge in [0.1, 0.15) is 0 Å². The van der Waals surface area contributed by atoms with E-state index < -0.39 is 10.0 Å². The molecular formula is C14H16N2O2S2. The molecule has 3 N–H and O–H groups in total. The maximum absolute atomic E-state index is 12.3. The highest BCUT2D eigenvalue weighted by molar-refractivity contribution is 7.98. The van der Waals surface area contributed by atoms with E-state index in [1.54, 1.807) is 36.0 Å². The lowest BCUT2D eigenvalue weighted by atomic mass is 10.2. The van der Waals surface area contributed by atoms with E-state index >= 15 is 0 Å². The van der Waals surface area contributed by atoms with Crippen LogP contribution < -0.4 is 10.5 Å². The molecule has 4 nitrogen and oxygen atoms in total. The van der Waals surface area contributed by atoms with Crippen LogP contribution in [0.4, 0.5) is 11.4 Å². The molecule has 0 aliphatic carbocycles. The first-order chi connectivity index (χ1) is 9.40. The van der Waals surface area contributed by atoms with Gasteiger partial charge in [0.15, 0.2) is 0 Å². The van der Waals surface area contributed by atoms with Gasteiger partial charge in [0, 0.05) is 16.3 Å². The number of nitrogens with two attached hydrogens (primary N) is 1. The molecule has 0 bridgehead atoms. The number of thioether (sulfide) groups is 1. The Hall–Kier alpha value is -1.66. The number of sulfonamides is 1. The van der Waals surface area contributed by atoms with E-state index in [0.29, 0.717) is 11.4 Å². The molecule has 0 radical (unpaired) electrons. The van der Waals surface area contributed by atoms with Gasteiger partial charge in [-0.15, -0.1) is 11.8 Å². The van der Waals surface area contributed by atoms with Crippen LogP contribution in [0.3, 0.4) is 0 Å². The van der Waals surface area contributed by atoms with Crippen LogP contribution in [-0.4, -0.2) is 14.7 Å². The Morgan fingerprint density at radius 1 is 1.10 bits per heavy atom. The Labute approximate surface area is 123 Å². The fourth-order valence-electron chi connectivity index (χ4n) is 1.80. The maximum Gasteiger partial charge on any atom is 0.261 e. The summed E-state index contributed by atoms with van der Waals surface area (Å²) in [6, 6.07) is 12.0. The van der Waals surface area contributed by atoms with Crippen molar-refractivity contribution in [2.45, 2.75) is 16.7 Å². The van der Waals surface area contributed by atoms with Gasteiger partial charge in [0.25, 0.3) is 10.0 Å². The molecule has 2 aromatic rings. The van der Waals surface area contributed by atoms with E-state index in [4.69, 9.17) is 5.73 Å². The molecule has 0 unspecified atom stereocenters. The molecule has 0 saturated carbocycles. The van der Waals surface area contributed by atoms with Crippen molar-refractivity contribution < 1.29 is 8.42 Å². The van der Waals surface area contributed by atoms with E-state index in [-0.39, 0.29) is 4.90 Å². The van der Waals surface area contributed by atoms with E-state index in [9.17, 15) is 8.42 Å². The van der Waals surface area contributed by atoms with E-state index in [2.05, 4.69) is 4.72 Å². The number of anilines is 2.